The predicted octanol–water partition coefficient (Wildman–Crippen LogP) is 3.52. The van der Waals surface area contributed by atoms with E-state index in [1.807, 2.05) is 12.1 Å². The van der Waals surface area contributed by atoms with E-state index in [-0.39, 0.29) is 0 Å². The molecule has 0 atom stereocenters. The Bertz CT molecular complexity index is 419. The first kappa shape index (κ1) is 16.0. The highest BCUT2D eigenvalue weighted by Gasteiger charge is 2.21. The molecule has 4 heteroatoms. The molecule has 0 heterocycles. The topological polar surface area (TPSA) is 39.7 Å². The normalized spacial score (nSPS) is 14.0. The van der Waals surface area contributed by atoms with E-state index in [1.165, 1.54) is 25.7 Å². The van der Waals surface area contributed by atoms with Gasteiger partial charge < -0.3 is 19.5 Å². The number of benzene rings is 1. The highest BCUT2D eigenvalue weighted by molar-refractivity contribution is 5.53. The molecule has 118 valence electrons. The van der Waals surface area contributed by atoms with Crippen LogP contribution in [0.4, 0.5) is 0 Å². The van der Waals surface area contributed by atoms with Gasteiger partial charge in [-0.05, 0) is 37.0 Å². The smallest absolute Gasteiger partial charge is 0.203 e. The molecule has 0 spiro atoms. The Morgan fingerprint density at radius 1 is 1.10 bits per heavy atom. The minimum absolute atomic E-state index is 0.687. The van der Waals surface area contributed by atoms with Gasteiger partial charge in [0.05, 0.1) is 20.8 Å². The summed E-state index contributed by atoms with van der Waals surface area (Å²) in [6.45, 7) is 3.72. The molecule has 1 N–H and O–H groups in total. The van der Waals surface area contributed by atoms with E-state index in [4.69, 9.17) is 14.2 Å². The van der Waals surface area contributed by atoms with E-state index < -0.39 is 0 Å². The average Bonchev–Trinajstić information content (AvgIpc) is 3.33. The van der Waals surface area contributed by atoms with Crippen molar-refractivity contribution in [2.75, 3.05) is 20.8 Å². The van der Waals surface area contributed by atoms with Crippen LogP contribution in [0.5, 0.6) is 17.2 Å². The molecule has 2 rings (SSSR count). The van der Waals surface area contributed by atoms with E-state index in [1.54, 1.807) is 14.2 Å². The lowest BCUT2D eigenvalue weighted by molar-refractivity contribution is 0.268. The van der Waals surface area contributed by atoms with Gasteiger partial charge in [0.2, 0.25) is 5.75 Å². The molecule has 4 nitrogen and oxygen atoms in total. The molecule has 1 fully saturated rings. The lowest BCUT2D eigenvalue weighted by atomic mass is 10.1. The maximum absolute atomic E-state index is 5.87. The molecule has 0 radical (unpaired) electrons. The minimum Gasteiger partial charge on any atom is -0.493 e. The van der Waals surface area contributed by atoms with Crippen LogP contribution in [0.3, 0.4) is 0 Å². The lowest BCUT2D eigenvalue weighted by Crippen LogP contribution is -2.15. The summed E-state index contributed by atoms with van der Waals surface area (Å²) in [6.07, 6.45) is 5.98. The summed E-state index contributed by atoms with van der Waals surface area (Å²) in [5, 5.41) is 3.50. The van der Waals surface area contributed by atoms with Crippen molar-refractivity contribution < 1.29 is 14.2 Å². The van der Waals surface area contributed by atoms with Crippen molar-refractivity contribution in [2.24, 2.45) is 0 Å². The van der Waals surface area contributed by atoms with Gasteiger partial charge in [-0.2, -0.15) is 0 Å². The number of hydrogen-bond donors (Lipinski definition) is 1. The van der Waals surface area contributed by atoms with Crippen molar-refractivity contribution in [3.63, 3.8) is 0 Å². The Morgan fingerprint density at radius 3 is 2.29 bits per heavy atom. The monoisotopic (exact) mass is 293 g/mol. The number of unbranched alkanes of at least 4 members (excludes halogenated alkanes) is 2. The zero-order valence-electron chi connectivity index (χ0n) is 13.4. The lowest BCUT2D eigenvalue weighted by Gasteiger charge is -2.16. The molecule has 0 amide bonds. The van der Waals surface area contributed by atoms with Crippen LogP contribution >= 0.6 is 0 Å². The Hall–Kier alpha value is -1.42. The van der Waals surface area contributed by atoms with Crippen molar-refractivity contribution in [3.05, 3.63) is 17.7 Å². The molecule has 0 unspecified atom stereocenters. The van der Waals surface area contributed by atoms with Crippen LogP contribution in [0.2, 0.25) is 0 Å². The largest absolute Gasteiger partial charge is 0.493 e. The second kappa shape index (κ2) is 8.13. The van der Waals surface area contributed by atoms with Gasteiger partial charge >= 0.3 is 0 Å². The predicted molar refractivity (Wildman–Crippen MR) is 84.4 cm³/mol. The molecule has 21 heavy (non-hydrogen) atoms. The highest BCUT2D eigenvalue weighted by Crippen LogP contribution is 2.38. The van der Waals surface area contributed by atoms with Crippen molar-refractivity contribution in [2.45, 2.75) is 51.6 Å². The number of ether oxygens (including phenoxy) is 3. The van der Waals surface area contributed by atoms with Crippen molar-refractivity contribution >= 4 is 0 Å². The van der Waals surface area contributed by atoms with Gasteiger partial charge in [0.25, 0.3) is 0 Å². The SMILES string of the molecule is CCCCCOc1c(OC)cc(CNC2CC2)cc1OC. The summed E-state index contributed by atoms with van der Waals surface area (Å²) in [6, 6.07) is 4.76. The molecular weight excluding hydrogens is 266 g/mol. The Balaban J connectivity index is 2.05. The van der Waals surface area contributed by atoms with Gasteiger partial charge in [0.1, 0.15) is 0 Å². The van der Waals surface area contributed by atoms with Crippen LogP contribution in [0.25, 0.3) is 0 Å². The molecule has 1 aromatic carbocycles. The molecule has 1 aromatic rings. The third kappa shape index (κ3) is 4.81. The molecular formula is C17H27NO3. The van der Waals surface area contributed by atoms with Crippen LogP contribution in [0.15, 0.2) is 12.1 Å². The van der Waals surface area contributed by atoms with Gasteiger partial charge in [-0.15, -0.1) is 0 Å². The summed E-state index contributed by atoms with van der Waals surface area (Å²) in [4.78, 5) is 0. The maximum atomic E-state index is 5.87. The van der Waals surface area contributed by atoms with Crippen LogP contribution in [0, 0.1) is 0 Å². The van der Waals surface area contributed by atoms with Crippen molar-refractivity contribution in [3.8, 4) is 17.2 Å². The number of rotatable bonds is 10. The first-order valence-electron chi connectivity index (χ1n) is 7.89. The number of nitrogens with one attached hydrogen (secondary N) is 1. The van der Waals surface area contributed by atoms with E-state index in [0.29, 0.717) is 18.4 Å². The number of methoxy groups -OCH3 is 2. The molecule has 0 saturated heterocycles. The fraction of sp³-hybridized carbons (Fsp3) is 0.647. The molecule has 0 aromatic heterocycles. The Morgan fingerprint density at radius 2 is 1.76 bits per heavy atom. The molecule has 1 saturated carbocycles. The first-order chi connectivity index (χ1) is 10.3. The first-order valence-corrected chi connectivity index (χ1v) is 7.89. The fourth-order valence-electron chi connectivity index (χ4n) is 2.25. The standard InChI is InChI=1S/C17H27NO3/c1-4-5-6-9-21-17-15(19-2)10-13(11-16(17)20-3)12-18-14-7-8-14/h10-11,14,18H,4-9,12H2,1-3H3. The number of hydrogen-bond acceptors (Lipinski definition) is 4. The van der Waals surface area contributed by atoms with Gasteiger partial charge in [0.15, 0.2) is 11.5 Å². The summed E-state index contributed by atoms with van der Waals surface area (Å²) < 4.78 is 16.8. The van der Waals surface area contributed by atoms with Crippen LogP contribution < -0.4 is 19.5 Å². The van der Waals surface area contributed by atoms with E-state index in [2.05, 4.69) is 12.2 Å². The van der Waals surface area contributed by atoms with E-state index in [0.717, 1.165) is 30.0 Å². The Labute approximate surface area is 127 Å². The average molecular weight is 293 g/mol. The Kier molecular flexibility index (Phi) is 6.18. The van der Waals surface area contributed by atoms with Gasteiger partial charge in [-0.3, -0.25) is 0 Å². The quantitative estimate of drug-likeness (QED) is 0.670. The van der Waals surface area contributed by atoms with Crippen LogP contribution in [-0.2, 0) is 6.54 Å². The van der Waals surface area contributed by atoms with Crippen LogP contribution in [0.1, 0.15) is 44.6 Å². The zero-order chi connectivity index (χ0) is 15.1. The van der Waals surface area contributed by atoms with Crippen molar-refractivity contribution in [1.82, 2.24) is 5.32 Å². The zero-order valence-corrected chi connectivity index (χ0v) is 13.4. The summed E-state index contributed by atoms with van der Waals surface area (Å²) in [5.74, 6) is 2.21. The summed E-state index contributed by atoms with van der Waals surface area (Å²) >= 11 is 0. The molecule has 0 aliphatic heterocycles. The highest BCUT2D eigenvalue weighted by atomic mass is 16.5. The fourth-order valence-corrected chi connectivity index (χ4v) is 2.25. The molecule has 1 aliphatic rings. The van der Waals surface area contributed by atoms with Gasteiger partial charge in [-0.25, -0.2) is 0 Å². The van der Waals surface area contributed by atoms with E-state index >= 15 is 0 Å². The van der Waals surface area contributed by atoms with Gasteiger partial charge in [0, 0.05) is 12.6 Å². The molecule has 0 bridgehead atoms. The van der Waals surface area contributed by atoms with Crippen molar-refractivity contribution in [1.29, 1.82) is 0 Å². The minimum atomic E-state index is 0.687. The third-order valence-electron chi connectivity index (χ3n) is 3.69. The summed E-state index contributed by atoms with van der Waals surface area (Å²) in [7, 11) is 3.34. The summed E-state index contributed by atoms with van der Waals surface area (Å²) in [5.41, 5.74) is 1.16. The van der Waals surface area contributed by atoms with E-state index in [9.17, 15) is 0 Å². The van der Waals surface area contributed by atoms with Gasteiger partial charge in [-0.1, -0.05) is 19.8 Å². The maximum Gasteiger partial charge on any atom is 0.203 e. The second-order valence-corrected chi connectivity index (χ2v) is 5.54. The molecule has 1 aliphatic carbocycles. The van der Waals surface area contributed by atoms with Crippen LogP contribution in [-0.4, -0.2) is 26.9 Å². The second-order valence-electron chi connectivity index (χ2n) is 5.54. The third-order valence-corrected chi connectivity index (χ3v) is 3.69.